The molecule has 1 aromatic carbocycles. The van der Waals surface area contributed by atoms with E-state index in [9.17, 15) is 0 Å². The summed E-state index contributed by atoms with van der Waals surface area (Å²) >= 11 is 0. The van der Waals surface area contributed by atoms with E-state index in [4.69, 9.17) is 14.2 Å². The molecule has 0 saturated carbocycles. The Bertz CT molecular complexity index is 429. The summed E-state index contributed by atoms with van der Waals surface area (Å²) in [4.78, 5) is 0. The van der Waals surface area contributed by atoms with E-state index < -0.39 is 0 Å². The second kappa shape index (κ2) is 5.49. The Morgan fingerprint density at radius 3 is 3.00 bits per heavy atom. The maximum atomic E-state index is 5.82. The van der Waals surface area contributed by atoms with Crippen LogP contribution >= 0.6 is 0 Å². The van der Waals surface area contributed by atoms with Crippen molar-refractivity contribution in [2.45, 2.75) is 31.6 Å². The highest BCUT2D eigenvalue weighted by Crippen LogP contribution is 2.37. The van der Waals surface area contributed by atoms with Crippen LogP contribution in [0.15, 0.2) is 24.3 Å². The van der Waals surface area contributed by atoms with Crippen molar-refractivity contribution in [2.75, 3.05) is 26.4 Å². The molecule has 3 rings (SSSR count). The summed E-state index contributed by atoms with van der Waals surface area (Å²) in [5, 5.41) is 3.54. The van der Waals surface area contributed by atoms with Crippen LogP contribution in [0.1, 0.15) is 31.4 Å². The molecule has 2 saturated heterocycles. The molecule has 1 unspecified atom stereocenters. The third-order valence-electron chi connectivity index (χ3n) is 3.80. The minimum atomic E-state index is -0.364. The highest BCUT2D eigenvalue weighted by atomic mass is 16.7. The van der Waals surface area contributed by atoms with Gasteiger partial charge in [-0.05, 0) is 24.6 Å². The third-order valence-corrected chi connectivity index (χ3v) is 3.80. The Labute approximate surface area is 114 Å². The largest absolute Gasteiger partial charge is 0.494 e. The van der Waals surface area contributed by atoms with E-state index >= 15 is 0 Å². The zero-order chi connectivity index (χ0) is 13.1. The molecule has 1 atom stereocenters. The van der Waals surface area contributed by atoms with Gasteiger partial charge >= 0.3 is 0 Å². The molecule has 4 heteroatoms. The molecule has 0 aromatic heterocycles. The zero-order valence-electron chi connectivity index (χ0n) is 11.4. The van der Waals surface area contributed by atoms with Gasteiger partial charge in [-0.3, -0.25) is 0 Å². The van der Waals surface area contributed by atoms with Crippen molar-refractivity contribution in [1.29, 1.82) is 0 Å². The van der Waals surface area contributed by atoms with Crippen LogP contribution in [0.5, 0.6) is 5.75 Å². The summed E-state index contributed by atoms with van der Waals surface area (Å²) in [7, 11) is 0. The van der Waals surface area contributed by atoms with Crippen LogP contribution in [0.25, 0.3) is 0 Å². The highest BCUT2D eigenvalue weighted by Gasteiger charge is 2.41. The van der Waals surface area contributed by atoms with Crippen molar-refractivity contribution in [3.05, 3.63) is 29.8 Å². The normalized spacial score (nSPS) is 25.6. The lowest BCUT2D eigenvalue weighted by Crippen LogP contribution is -2.44. The molecule has 2 heterocycles. The monoisotopic (exact) mass is 263 g/mol. The van der Waals surface area contributed by atoms with E-state index in [0.29, 0.717) is 19.8 Å². The first kappa shape index (κ1) is 12.9. The van der Waals surface area contributed by atoms with Crippen molar-refractivity contribution >= 4 is 0 Å². The summed E-state index contributed by atoms with van der Waals surface area (Å²) in [5.41, 5.74) is 1.24. The molecule has 1 spiro atoms. The lowest BCUT2D eigenvalue weighted by molar-refractivity contribution is -0.180. The Morgan fingerprint density at radius 1 is 1.37 bits per heavy atom. The fourth-order valence-corrected chi connectivity index (χ4v) is 2.90. The Kier molecular flexibility index (Phi) is 3.73. The first-order valence-corrected chi connectivity index (χ1v) is 7.05. The fraction of sp³-hybridized carbons (Fsp3) is 0.600. The molecule has 4 nitrogen and oxygen atoms in total. The molecule has 0 radical (unpaired) electrons. The second-order valence-corrected chi connectivity index (χ2v) is 5.07. The maximum absolute atomic E-state index is 5.82. The molecular formula is C15H21NO3. The average molecular weight is 263 g/mol. The molecule has 2 fully saturated rings. The number of hydrogen-bond donors (Lipinski definition) is 1. The third kappa shape index (κ3) is 2.76. The van der Waals surface area contributed by atoms with Crippen LogP contribution in [-0.2, 0) is 9.47 Å². The maximum Gasteiger partial charge on any atom is 0.171 e. The highest BCUT2D eigenvalue weighted by molar-refractivity contribution is 5.31. The Balaban J connectivity index is 1.75. The van der Waals surface area contributed by atoms with Crippen molar-refractivity contribution in [1.82, 2.24) is 5.32 Å². The average Bonchev–Trinajstić information content (AvgIpc) is 2.87. The summed E-state index contributed by atoms with van der Waals surface area (Å²) in [6, 6.07) is 8.55. The molecule has 0 amide bonds. The molecule has 104 valence electrons. The second-order valence-electron chi connectivity index (χ2n) is 5.07. The minimum absolute atomic E-state index is 0.271. The SMILES string of the molecule is CCOc1cccc(C2CC3(CCN2)OCCO3)c1. The number of piperidine rings is 1. The number of hydrogen-bond acceptors (Lipinski definition) is 4. The molecule has 0 bridgehead atoms. The van der Waals surface area contributed by atoms with Gasteiger partial charge in [0.15, 0.2) is 5.79 Å². The van der Waals surface area contributed by atoms with Gasteiger partial charge in [0.05, 0.1) is 19.8 Å². The number of ether oxygens (including phenoxy) is 3. The van der Waals surface area contributed by atoms with Gasteiger partial charge in [0.1, 0.15) is 5.75 Å². The smallest absolute Gasteiger partial charge is 0.171 e. The number of benzene rings is 1. The van der Waals surface area contributed by atoms with Gasteiger partial charge in [0.25, 0.3) is 0 Å². The van der Waals surface area contributed by atoms with Gasteiger partial charge in [0, 0.05) is 25.4 Å². The quantitative estimate of drug-likeness (QED) is 0.908. The van der Waals surface area contributed by atoms with E-state index in [1.807, 2.05) is 19.1 Å². The van der Waals surface area contributed by atoms with E-state index in [0.717, 1.165) is 25.1 Å². The van der Waals surface area contributed by atoms with Crippen molar-refractivity contribution in [3.63, 3.8) is 0 Å². The van der Waals surface area contributed by atoms with Crippen LogP contribution in [0, 0.1) is 0 Å². The van der Waals surface area contributed by atoms with Gasteiger partial charge in [-0.25, -0.2) is 0 Å². The van der Waals surface area contributed by atoms with Crippen LogP contribution in [-0.4, -0.2) is 32.2 Å². The van der Waals surface area contributed by atoms with E-state index in [1.165, 1.54) is 5.56 Å². The predicted octanol–water partition coefficient (Wildman–Crippen LogP) is 2.25. The lowest BCUT2D eigenvalue weighted by Gasteiger charge is -2.37. The molecular weight excluding hydrogens is 242 g/mol. The van der Waals surface area contributed by atoms with Crippen molar-refractivity contribution < 1.29 is 14.2 Å². The first-order valence-electron chi connectivity index (χ1n) is 7.05. The van der Waals surface area contributed by atoms with Crippen LogP contribution < -0.4 is 10.1 Å². The van der Waals surface area contributed by atoms with Crippen LogP contribution in [0.2, 0.25) is 0 Å². The summed E-state index contributed by atoms with van der Waals surface area (Å²) in [6.07, 6.45) is 1.79. The molecule has 2 aliphatic rings. The van der Waals surface area contributed by atoms with Gasteiger partial charge in [-0.2, -0.15) is 0 Å². The van der Waals surface area contributed by atoms with Gasteiger partial charge in [-0.1, -0.05) is 12.1 Å². The summed E-state index contributed by atoms with van der Waals surface area (Å²) < 4.78 is 17.2. The Morgan fingerprint density at radius 2 is 2.21 bits per heavy atom. The van der Waals surface area contributed by atoms with Gasteiger partial charge in [-0.15, -0.1) is 0 Å². The first-order chi connectivity index (χ1) is 9.31. The summed E-state index contributed by atoms with van der Waals surface area (Å²) in [5.74, 6) is 0.562. The van der Waals surface area contributed by atoms with Crippen molar-refractivity contribution in [2.24, 2.45) is 0 Å². The molecule has 1 N–H and O–H groups in total. The van der Waals surface area contributed by atoms with Crippen LogP contribution in [0.3, 0.4) is 0 Å². The van der Waals surface area contributed by atoms with E-state index in [2.05, 4.69) is 17.4 Å². The number of rotatable bonds is 3. The van der Waals surface area contributed by atoms with Crippen LogP contribution in [0.4, 0.5) is 0 Å². The molecule has 2 aliphatic heterocycles. The standard InChI is InChI=1S/C15H21NO3/c1-2-17-13-5-3-4-12(10-13)14-11-15(6-7-16-14)18-8-9-19-15/h3-5,10,14,16H,2,6-9,11H2,1H3. The number of nitrogens with one attached hydrogen (secondary N) is 1. The topological polar surface area (TPSA) is 39.7 Å². The zero-order valence-corrected chi connectivity index (χ0v) is 11.4. The molecule has 19 heavy (non-hydrogen) atoms. The Hall–Kier alpha value is -1.10. The van der Waals surface area contributed by atoms with Gasteiger partial charge < -0.3 is 19.5 Å². The minimum Gasteiger partial charge on any atom is -0.494 e. The van der Waals surface area contributed by atoms with E-state index in [1.54, 1.807) is 0 Å². The fourth-order valence-electron chi connectivity index (χ4n) is 2.90. The van der Waals surface area contributed by atoms with Gasteiger partial charge in [0.2, 0.25) is 0 Å². The lowest BCUT2D eigenvalue weighted by atomic mass is 9.92. The molecule has 1 aromatic rings. The molecule has 0 aliphatic carbocycles. The van der Waals surface area contributed by atoms with E-state index in [-0.39, 0.29) is 11.8 Å². The van der Waals surface area contributed by atoms with Crippen molar-refractivity contribution in [3.8, 4) is 5.75 Å². The predicted molar refractivity (Wildman–Crippen MR) is 72.2 cm³/mol. The summed E-state index contributed by atoms with van der Waals surface area (Å²) in [6.45, 7) is 5.04.